The molecule has 6 heteroatoms. The van der Waals surface area contributed by atoms with E-state index in [0.29, 0.717) is 16.9 Å². The summed E-state index contributed by atoms with van der Waals surface area (Å²) in [4.78, 5) is 17.5. The fraction of sp³-hybridized carbons (Fsp3) is 0.350. The van der Waals surface area contributed by atoms with E-state index in [4.69, 9.17) is 9.72 Å². The number of pyridine rings is 1. The van der Waals surface area contributed by atoms with E-state index >= 15 is 0 Å². The summed E-state index contributed by atoms with van der Waals surface area (Å²) in [6.45, 7) is 4.16. The van der Waals surface area contributed by atoms with E-state index in [2.05, 4.69) is 5.10 Å². The lowest BCUT2D eigenvalue weighted by Gasteiger charge is -2.10. The Balaban J connectivity index is 1.65. The van der Waals surface area contributed by atoms with Crippen LogP contribution in [-0.4, -0.2) is 20.7 Å². The molecule has 0 bridgehead atoms. The second-order valence-electron chi connectivity index (χ2n) is 6.99. The number of hydrogen-bond acceptors (Lipinski definition) is 4. The van der Waals surface area contributed by atoms with Gasteiger partial charge in [-0.1, -0.05) is 12.1 Å². The quantitative estimate of drug-likeness (QED) is 0.639. The molecule has 4 rings (SSSR count). The molecule has 2 heterocycles. The monoisotopic (exact) mass is 353 g/mol. The summed E-state index contributed by atoms with van der Waals surface area (Å²) in [6.07, 6.45) is 3.87. The SMILES string of the molecule is CC(C)n1ncc2c(C(=O)OCc3ccc(F)cc3)cc(C3CC3)nc21. The number of halogens is 1. The number of carbonyl (C=O) groups excluding carboxylic acids is 1. The van der Waals surface area contributed by atoms with E-state index in [-0.39, 0.29) is 18.5 Å². The second kappa shape index (κ2) is 6.52. The Bertz CT molecular complexity index is 959. The van der Waals surface area contributed by atoms with Crippen molar-refractivity contribution in [2.24, 2.45) is 0 Å². The molecule has 3 aromatic rings. The summed E-state index contributed by atoms with van der Waals surface area (Å²) in [5.41, 5.74) is 2.88. The number of benzene rings is 1. The molecule has 1 aromatic carbocycles. The Hall–Kier alpha value is -2.76. The average molecular weight is 353 g/mol. The van der Waals surface area contributed by atoms with Crippen molar-refractivity contribution >= 4 is 17.0 Å². The molecule has 1 aliphatic rings. The van der Waals surface area contributed by atoms with E-state index in [1.165, 1.54) is 12.1 Å². The maximum absolute atomic E-state index is 13.0. The van der Waals surface area contributed by atoms with Gasteiger partial charge in [-0.2, -0.15) is 5.10 Å². The normalized spacial score (nSPS) is 14.2. The third-order valence-corrected chi connectivity index (χ3v) is 4.57. The van der Waals surface area contributed by atoms with Gasteiger partial charge in [0.1, 0.15) is 12.4 Å². The van der Waals surface area contributed by atoms with Crippen molar-refractivity contribution in [1.82, 2.24) is 14.8 Å². The van der Waals surface area contributed by atoms with Crippen molar-refractivity contribution < 1.29 is 13.9 Å². The molecule has 0 radical (unpaired) electrons. The van der Waals surface area contributed by atoms with Crippen molar-refractivity contribution in [2.75, 3.05) is 0 Å². The van der Waals surface area contributed by atoms with Crippen molar-refractivity contribution in [3.8, 4) is 0 Å². The van der Waals surface area contributed by atoms with Crippen LogP contribution in [0.4, 0.5) is 4.39 Å². The smallest absolute Gasteiger partial charge is 0.339 e. The minimum Gasteiger partial charge on any atom is -0.457 e. The highest BCUT2D eigenvalue weighted by Crippen LogP contribution is 2.40. The first-order chi connectivity index (χ1) is 12.5. The summed E-state index contributed by atoms with van der Waals surface area (Å²) in [5, 5.41) is 5.09. The number of hydrogen-bond donors (Lipinski definition) is 0. The van der Waals surface area contributed by atoms with Crippen LogP contribution in [0.1, 0.15) is 60.3 Å². The van der Waals surface area contributed by atoms with Gasteiger partial charge in [0, 0.05) is 17.7 Å². The highest BCUT2D eigenvalue weighted by atomic mass is 19.1. The number of esters is 1. The highest BCUT2D eigenvalue weighted by molar-refractivity contribution is 6.02. The van der Waals surface area contributed by atoms with E-state index in [0.717, 1.165) is 29.7 Å². The molecule has 1 fully saturated rings. The maximum atomic E-state index is 13.0. The van der Waals surface area contributed by atoms with Crippen LogP contribution in [0.25, 0.3) is 11.0 Å². The molecule has 0 unspecified atom stereocenters. The molecular weight excluding hydrogens is 333 g/mol. The van der Waals surface area contributed by atoms with Crippen LogP contribution in [0.2, 0.25) is 0 Å². The topological polar surface area (TPSA) is 57.0 Å². The minimum absolute atomic E-state index is 0.0972. The Morgan fingerprint density at radius 1 is 1.31 bits per heavy atom. The van der Waals surface area contributed by atoms with Gasteiger partial charge in [-0.25, -0.2) is 18.9 Å². The van der Waals surface area contributed by atoms with Gasteiger partial charge in [-0.15, -0.1) is 0 Å². The van der Waals surface area contributed by atoms with Crippen molar-refractivity contribution in [2.45, 2.75) is 45.3 Å². The molecule has 0 atom stereocenters. The summed E-state index contributed by atoms with van der Waals surface area (Å²) in [7, 11) is 0. The van der Waals surface area contributed by atoms with E-state index < -0.39 is 5.97 Å². The summed E-state index contributed by atoms with van der Waals surface area (Å²) in [6, 6.07) is 7.91. The molecule has 2 aromatic heterocycles. The van der Waals surface area contributed by atoms with Gasteiger partial charge in [-0.3, -0.25) is 0 Å². The zero-order chi connectivity index (χ0) is 18.3. The van der Waals surface area contributed by atoms with Crippen LogP contribution in [0.5, 0.6) is 0 Å². The van der Waals surface area contributed by atoms with Crippen LogP contribution in [0.3, 0.4) is 0 Å². The molecule has 134 valence electrons. The Labute approximate surface area is 150 Å². The van der Waals surface area contributed by atoms with Gasteiger partial charge in [-0.05, 0) is 50.5 Å². The van der Waals surface area contributed by atoms with Crippen LogP contribution in [-0.2, 0) is 11.3 Å². The fourth-order valence-electron chi connectivity index (χ4n) is 2.98. The predicted octanol–water partition coefficient (Wildman–Crippen LogP) is 4.39. The lowest BCUT2D eigenvalue weighted by atomic mass is 10.1. The molecule has 5 nitrogen and oxygen atoms in total. The molecule has 1 aliphatic carbocycles. The van der Waals surface area contributed by atoms with Crippen LogP contribution in [0, 0.1) is 5.82 Å². The number of carbonyl (C=O) groups is 1. The number of ether oxygens (including phenoxy) is 1. The van der Waals surface area contributed by atoms with Gasteiger partial charge in [0.25, 0.3) is 0 Å². The summed E-state index contributed by atoms with van der Waals surface area (Å²) >= 11 is 0. The first-order valence-electron chi connectivity index (χ1n) is 8.82. The highest BCUT2D eigenvalue weighted by Gasteiger charge is 2.28. The fourth-order valence-corrected chi connectivity index (χ4v) is 2.98. The van der Waals surface area contributed by atoms with Crippen molar-refractivity contribution in [1.29, 1.82) is 0 Å². The largest absolute Gasteiger partial charge is 0.457 e. The van der Waals surface area contributed by atoms with E-state index in [1.54, 1.807) is 18.3 Å². The molecule has 0 amide bonds. The van der Waals surface area contributed by atoms with Crippen LogP contribution >= 0.6 is 0 Å². The Morgan fingerprint density at radius 2 is 2.04 bits per heavy atom. The zero-order valence-electron chi connectivity index (χ0n) is 14.8. The van der Waals surface area contributed by atoms with Gasteiger partial charge in [0.05, 0.1) is 17.1 Å². The minimum atomic E-state index is -0.410. The Kier molecular flexibility index (Phi) is 4.18. The molecule has 1 saturated carbocycles. The standard InChI is InChI=1S/C20H20FN3O2/c1-12(2)24-19-17(10-22-24)16(9-18(23-19)14-5-6-14)20(25)26-11-13-3-7-15(21)8-4-13/h3-4,7-10,12,14H,5-6,11H2,1-2H3. The van der Waals surface area contributed by atoms with E-state index in [9.17, 15) is 9.18 Å². The van der Waals surface area contributed by atoms with Crippen LogP contribution < -0.4 is 0 Å². The number of fused-ring (bicyclic) bond motifs is 1. The Morgan fingerprint density at radius 3 is 2.69 bits per heavy atom. The molecule has 0 aliphatic heterocycles. The molecule has 0 saturated heterocycles. The van der Waals surface area contributed by atoms with Gasteiger partial charge < -0.3 is 4.74 Å². The van der Waals surface area contributed by atoms with Crippen molar-refractivity contribution in [3.63, 3.8) is 0 Å². The zero-order valence-corrected chi connectivity index (χ0v) is 14.8. The number of aromatic nitrogens is 3. The summed E-state index contributed by atoms with van der Waals surface area (Å²) < 4.78 is 20.3. The molecule has 0 spiro atoms. The van der Waals surface area contributed by atoms with Gasteiger partial charge in [0.15, 0.2) is 5.65 Å². The predicted molar refractivity (Wildman–Crippen MR) is 95.4 cm³/mol. The van der Waals surface area contributed by atoms with Gasteiger partial charge in [0.2, 0.25) is 0 Å². The first-order valence-corrected chi connectivity index (χ1v) is 8.82. The van der Waals surface area contributed by atoms with Crippen molar-refractivity contribution in [3.05, 3.63) is 59.2 Å². The average Bonchev–Trinajstić information content (AvgIpc) is 3.39. The third-order valence-electron chi connectivity index (χ3n) is 4.57. The molecule has 26 heavy (non-hydrogen) atoms. The lowest BCUT2D eigenvalue weighted by molar-refractivity contribution is 0.0475. The molecule has 0 N–H and O–H groups in total. The number of rotatable bonds is 5. The first kappa shape index (κ1) is 16.7. The van der Waals surface area contributed by atoms with Crippen LogP contribution in [0.15, 0.2) is 36.5 Å². The molecular formula is C20H20FN3O2. The number of nitrogens with zero attached hydrogens (tertiary/aromatic N) is 3. The maximum Gasteiger partial charge on any atom is 0.339 e. The third kappa shape index (κ3) is 3.19. The lowest BCUT2D eigenvalue weighted by Crippen LogP contribution is -2.09. The van der Waals surface area contributed by atoms with Gasteiger partial charge >= 0.3 is 5.97 Å². The van der Waals surface area contributed by atoms with E-state index in [1.807, 2.05) is 24.6 Å². The second-order valence-corrected chi connectivity index (χ2v) is 6.99. The summed E-state index contributed by atoms with van der Waals surface area (Å²) in [5.74, 6) is -0.309.